The van der Waals surface area contributed by atoms with Crippen LogP contribution in [0.5, 0.6) is 0 Å². The highest BCUT2D eigenvalue weighted by molar-refractivity contribution is 7.89. The number of benzene rings is 1. The second-order valence-electron chi connectivity index (χ2n) is 8.95. The Morgan fingerprint density at radius 2 is 2.03 bits per heavy atom. The van der Waals surface area contributed by atoms with Crippen molar-refractivity contribution in [1.29, 1.82) is 0 Å². The number of carbonyl (C=O) groups excluding carboxylic acids is 1. The van der Waals surface area contributed by atoms with E-state index >= 15 is 0 Å². The quantitative estimate of drug-likeness (QED) is 0.641. The van der Waals surface area contributed by atoms with Crippen LogP contribution in [0.25, 0.3) is 0 Å². The maximum Gasteiger partial charge on any atom is 0.305 e. The first-order chi connectivity index (χ1) is 16.2. The SMILES string of the molecule is Cc1ccccc1S(=O)(=O)N(C)C[C@@H]1OCc2cn(nn2)CCCC(=O)OC[C@H](C)NC[C@@H]1C. The van der Waals surface area contributed by atoms with Gasteiger partial charge in [0, 0.05) is 39.1 Å². The summed E-state index contributed by atoms with van der Waals surface area (Å²) in [7, 11) is -2.11. The molecule has 0 amide bonds. The van der Waals surface area contributed by atoms with Gasteiger partial charge in [-0.1, -0.05) is 30.3 Å². The van der Waals surface area contributed by atoms with Crippen molar-refractivity contribution in [2.75, 3.05) is 26.7 Å². The lowest BCUT2D eigenvalue weighted by molar-refractivity contribution is -0.144. The summed E-state index contributed by atoms with van der Waals surface area (Å²) in [5.74, 6) is -0.269. The molecule has 0 unspecified atom stereocenters. The van der Waals surface area contributed by atoms with Crippen molar-refractivity contribution in [2.45, 2.75) is 63.8 Å². The molecule has 0 saturated carbocycles. The molecule has 3 rings (SSSR count). The number of likely N-dealkylation sites (N-methyl/N-ethyl adjacent to an activating group) is 1. The molecule has 0 saturated heterocycles. The number of carbonyl (C=O) groups is 1. The Labute approximate surface area is 201 Å². The molecule has 1 aliphatic heterocycles. The summed E-state index contributed by atoms with van der Waals surface area (Å²) in [6, 6.07) is 6.90. The Balaban J connectivity index is 1.76. The van der Waals surface area contributed by atoms with E-state index in [0.717, 1.165) is 0 Å². The van der Waals surface area contributed by atoms with Gasteiger partial charge in [-0.2, -0.15) is 4.31 Å². The second kappa shape index (κ2) is 11.9. The lowest BCUT2D eigenvalue weighted by Crippen LogP contribution is -2.43. The highest BCUT2D eigenvalue weighted by atomic mass is 32.2. The fourth-order valence-electron chi connectivity index (χ4n) is 3.72. The number of hydrogen-bond donors (Lipinski definition) is 1. The number of hydrogen-bond acceptors (Lipinski definition) is 8. The molecule has 2 aromatic rings. The molecule has 3 atom stereocenters. The Morgan fingerprint density at radius 3 is 2.79 bits per heavy atom. The molecule has 1 aliphatic rings. The highest BCUT2D eigenvalue weighted by Gasteiger charge is 2.28. The summed E-state index contributed by atoms with van der Waals surface area (Å²) in [4.78, 5) is 12.3. The van der Waals surface area contributed by atoms with Gasteiger partial charge >= 0.3 is 5.97 Å². The van der Waals surface area contributed by atoms with Gasteiger partial charge in [0.1, 0.15) is 12.3 Å². The summed E-state index contributed by atoms with van der Waals surface area (Å²) in [5.41, 5.74) is 1.35. The topological polar surface area (TPSA) is 116 Å². The van der Waals surface area contributed by atoms with E-state index in [9.17, 15) is 13.2 Å². The van der Waals surface area contributed by atoms with Crippen LogP contribution >= 0.6 is 0 Å². The van der Waals surface area contributed by atoms with Crippen molar-refractivity contribution in [3.8, 4) is 0 Å². The van der Waals surface area contributed by atoms with Gasteiger partial charge in [-0.05, 0) is 37.8 Å². The monoisotopic (exact) mass is 493 g/mol. The fourth-order valence-corrected chi connectivity index (χ4v) is 5.13. The molecule has 0 radical (unpaired) electrons. The number of nitrogens with one attached hydrogen (secondary N) is 1. The largest absolute Gasteiger partial charge is 0.464 e. The van der Waals surface area contributed by atoms with Gasteiger partial charge in [-0.3, -0.25) is 9.48 Å². The van der Waals surface area contributed by atoms with E-state index in [1.54, 1.807) is 43.0 Å². The van der Waals surface area contributed by atoms with Crippen LogP contribution in [0, 0.1) is 12.8 Å². The third-order valence-electron chi connectivity index (χ3n) is 5.94. The number of ether oxygens (including phenoxy) is 2. The van der Waals surface area contributed by atoms with Crippen molar-refractivity contribution in [3.63, 3.8) is 0 Å². The molecule has 34 heavy (non-hydrogen) atoms. The van der Waals surface area contributed by atoms with Crippen LogP contribution in [0.4, 0.5) is 0 Å². The van der Waals surface area contributed by atoms with E-state index in [2.05, 4.69) is 15.6 Å². The van der Waals surface area contributed by atoms with E-state index in [4.69, 9.17) is 9.47 Å². The molecule has 2 bridgehead atoms. The Kier molecular flexibility index (Phi) is 9.17. The van der Waals surface area contributed by atoms with Crippen molar-refractivity contribution in [2.24, 2.45) is 5.92 Å². The normalized spacial score (nSPS) is 23.6. The molecule has 11 heteroatoms. The van der Waals surface area contributed by atoms with Gasteiger partial charge in [0.15, 0.2) is 0 Å². The van der Waals surface area contributed by atoms with Crippen molar-refractivity contribution in [3.05, 3.63) is 41.7 Å². The van der Waals surface area contributed by atoms with Gasteiger partial charge in [-0.15, -0.1) is 5.10 Å². The summed E-state index contributed by atoms with van der Waals surface area (Å²) in [6.45, 7) is 7.51. The molecule has 2 heterocycles. The zero-order valence-electron chi connectivity index (χ0n) is 20.3. The Hall–Kier alpha value is -2.34. The van der Waals surface area contributed by atoms with Gasteiger partial charge in [0.2, 0.25) is 10.0 Å². The van der Waals surface area contributed by atoms with Gasteiger partial charge in [0.25, 0.3) is 0 Å². The number of fused-ring (bicyclic) bond motifs is 2. The molecule has 0 spiro atoms. The minimum absolute atomic E-state index is 0.0318. The molecule has 1 aromatic heterocycles. The van der Waals surface area contributed by atoms with Gasteiger partial charge in [-0.25, -0.2) is 8.42 Å². The number of esters is 1. The van der Waals surface area contributed by atoms with Crippen LogP contribution in [0.3, 0.4) is 0 Å². The Bertz CT molecular complexity index is 1060. The molecule has 188 valence electrons. The van der Waals surface area contributed by atoms with Crippen LogP contribution in [0.1, 0.15) is 37.9 Å². The molecular formula is C23H35N5O5S. The standard InChI is InChI=1S/C23H35N5O5S/c1-17-8-5-6-9-22(17)34(30,31)27(4)14-21-18(2)12-24-19(3)15-33-23(29)10-7-11-28-13-20(16-32-21)25-26-28/h5-6,8-9,13,18-19,21,24H,7,10-12,14-16H2,1-4H3/t18-,19-,21-/m0/s1. The van der Waals surface area contributed by atoms with E-state index in [-0.39, 0.29) is 42.6 Å². The minimum atomic E-state index is -3.68. The Morgan fingerprint density at radius 1 is 1.26 bits per heavy atom. The highest BCUT2D eigenvalue weighted by Crippen LogP contribution is 2.21. The van der Waals surface area contributed by atoms with E-state index < -0.39 is 16.1 Å². The predicted octanol–water partition coefficient (Wildman–Crippen LogP) is 1.74. The zero-order valence-corrected chi connectivity index (χ0v) is 21.1. The molecule has 1 N–H and O–H groups in total. The third-order valence-corrected chi connectivity index (χ3v) is 7.92. The fraction of sp³-hybridized carbons (Fsp3) is 0.609. The van der Waals surface area contributed by atoms with E-state index in [1.165, 1.54) is 4.31 Å². The number of rotatable bonds is 4. The van der Waals surface area contributed by atoms with Crippen LogP contribution in [-0.4, -0.2) is 72.6 Å². The second-order valence-corrected chi connectivity index (χ2v) is 11.0. The molecule has 0 fully saturated rings. The summed E-state index contributed by atoms with van der Waals surface area (Å²) >= 11 is 0. The number of nitrogens with zero attached hydrogens (tertiary/aromatic N) is 4. The number of sulfonamides is 1. The molecule has 0 aliphatic carbocycles. The smallest absolute Gasteiger partial charge is 0.305 e. The van der Waals surface area contributed by atoms with Crippen LogP contribution < -0.4 is 5.32 Å². The minimum Gasteiger partial charge on any atom is -0.464 e. The maximum atomic E-state index is 13.2. The summed E-state index contributed by atoms with van der Waals surface area (Å²) in [6.07, 6.45) is 2.31. The van der Waals surface area contributed by atoms with Crippen LogP contribution in [-0.2, 0) is 37.4 Å². The average Bonchev–Trinajstić information content (AvgIpc) is 3.25. The van der Waals surface area contributed by atoms with Gasteiger partial charge < -0.3 is 14.8 Å². The predicted molar refractivity (Wildman–Crippen MR) is 126 cm³/mol. The third kappa shape index (κ3) is 7.08. The number of aryl methyl sites for hydroxylation is 2. The van der Waals surface area contributed by atoms with Crippen LogP contribution in [0.2, 0.25) is 0 Å². The summed E-state index contributed by atoms with van der Waals surface area (Å²) in [5, 5.41) is 11.6. The number of cyclic esters (lactones) is 1. The van der Waals surface area contributed by atoms with Crippen molar-refractivity contribution >= 4 is 16.0 Å². The zero-order chi connectivity index (χ0) is 24.7. The first kappa shape index (κ1) is 26.3. The van der Waals surface area contributed by atoms with E-state index in [1.807, 2.05) is 19.9 Å². The lowest BCUT2D eigenvalue weighted by Gasteiger charge is -2.29. The van der Waals surface area contributed by atoms with Crippen LogP contribution in [0.15, 0.2) is 35.4 Å². The average molecular weight is 494 g/mol. The maximum absolute atomic E-state index is 13.2. The molecular weight excluding hydrogens is 458 g/mol. The van der Waals surface area contributed by atoms with Crippen molar-refractivity contribution < 1.29 is 22.7 Å². The van der Waals surface area contributed by atoms with Gasteiger partial charge in [0.05, 0.1) is 23.8 Å². The summed E-state index contributed by atoms with van der Waals surface area (Å²) < 4.78 is 41.0. The molecule has 1 aromatic carbocycles. The van der Waals surface area contributed by atoms with E-state index in [0.29, 0.717) is 37.2 Å². The number of aromatic nitrogens is 3. The first-order valence-electron chi connectivity index (χ1n) is 11.6. The molecule has 10 nitrogen and oxygen atoms in total. The lowest BCUT2D eigenvalue weighted by atomic mass is 10.0. The first-order valence-corrected chi connectivity index (χ1v) is 13.0. The van der Waals surface area contributed by atoms with Crippen molar-refractivity contribution in [1.82, 2.24) is 24.6 Å².